The van der Waals surface area contributed by atoms with Crippen molar-refractivity contribution in [2.24, 2.45) is 11.8 Å². The van der Waals surface area contributed by atoms with Gasteiger partial charge in [0.1, 0.15) is 17.1 Å². The van der Waals surface area contributed by atoms with Crippen molar-refractivity contribution in [1.82, 2.24) is 0 Å². The summed E-state index contributed by atoms with van der Waals surface area (Å²) in [7, 11) is 0. The maximum absolute atomic E-state index is 12.9. The molecule has 0 aliphatic heterocycles. The molecule has 106 valence electrons. The zero-order valence-electron chi connectivity index (χ0n) is 10.6. The first-order valence-corrected chi connectivity index (χ1v) is 6.39. The largest absolute Gasteiger partial charge is 0.493 e. The summed E-state index contributed by atoms with van der Waals surface area (Å²) in [5.74, 6) is -0.205. The Kier molecular flexibility index (Phi) is 4.02. The third kappa shape index (κ3) is 3.39. The first-order chi connectivity index (χ1) is 8.90. The Morgan fingerprint density at radius 2 is 1.89 bits per heavy atom. The van der Waals surface area contributed by atoms with Crippen LogP contribution >= 0.6 is 0 Å². The quantitative estimate of drug-likeness (QED) is 0.727. The smallest absolute Gasteiger partial charge is 0.420 e. The lowest BCUT2D eigenvalue weighted by Crippen LogP contribution is -2.28. The van der Waals surface area contributed by atoms with Crippen molar-refractivity contribution in [3.8, 4) is 5.75 Å². The van der Waals surface area contributed by atoms with Crippen LogP contribution in [-0.4, -0.2) is 6.61 Å². The van der Waals surface area contributed by atoms with E-state index in [0.717, 1.165) is 31.4 Å². The van der Waals surface area contributed by atoms with Gasteiger partial charge < -0.3 is 4.74 Å². The standard InChI is InChI=1S/C14H16F4O/c1-2-9-5-10(6-9)8-19-13-4-3-11(15)7-12(13)14(16,17)18/h3-4,7,9-10H,2,5-6,8H2,1H3. The van der Waals surface area contributed by atoms with Crippen LogP contribution in [0.15, 0.2) is 18.2 Å². The maximum atomic E-state index is 12.9. The van der Waals surface area contributed by atoms with E-state index in [4.69, 9.17) is 4.74 Å². The highest BCUT2D eigenvalue weighted by Gasteiger charge is 2.35. The van der Waals surface area contributed by atoms with Crippen LogP contribution in [0.3, 0.4) is 0 Å². The molecule has 0 atom stereocenters. The molecule has 1 fully saturated rings. The van der Waals surface area contributed by atoms with E-state index in [0.29, 0.717) is 17.9 Å². The van der Waals surface area contributed by atoms with Gasteiger partial charge in [0.15, 0.2) is 0 Å². The molecule has 0 amide bonds. The normalized spacial score (nSPS) is 23.0. The molecule has 0 N–H and O–H groups in total. The second-order valence-corrected chi connectivity index (χ2v) is 5.06. The number of ether oxygens (including phenoxy) is 1. The average Bonchev–Trinajstić information content (AvgIpc) is 2.27. The van der Waals surface area contributed by atoms with Gasteiger partial charge in [0, 0.05) is 0 Å². The molecule has 0 spiro atoms. The highest BCUT2D eigenvalue weighted by molar-refractivity contribution is 5.36. The van der Waals surface area contributed by atoms with E-state index in [1.165, 1.54) is 0 Å². The molecule has 0 heterocycles. The van der Waals surface area contributed by atoms with Crippen molar-refractivity contribution < 1.29 is 22.3 Å². The van der Waals surface area contributed by atoms with Crippen LogP contribution in [0.5, 0.6) is 5.75 Å². The number of benzene rings is 1. The zero-order chi connectivity index (χ0) is 14.0. The molecule has 1 aromatic rings. The topological polar surface area (TPSA) is 9.23 Å². The highest BCUT2D eigenvalue weighted by Crippen LogP contribution is 2.39. The zero-order valence-corrected chi connectivity index (χ0v) is 10.6. The van der Waals surface area contributed by atoms with Crippen LogP contribution in [0.4, 0.5) is 17.6 Å². The Bertz CT molecular complexity index is 436. The van der Waals surface area contributed by atoms with Crippen molar-refractivity contribution >= 4 is 0 Å². The summed E-state index contributed by atoms with van der Waals surface area (Å²) < 4.78 is 56.3. The molecule has 0 radical (unpaired) electrons. The molecule has 1 nitrogen and oxygen atoms in total. The summed E-state index contributed by atoms with van der Waals surface area (Å²) in [6, 6.07) is 2.51. The molecule has 0 bridgehead atoms. The van der Waals surface area contributed by atoms with Crippen molar-refractivity contribution in [2.75, 3.05) is 6.61 Å². The van der Waals surface area contributed by atoms with E-state index in [1.807, 2.05) is 0 Å². The molecule has 1 aliphatic rings. The Morgan fingerprint density at radius 1 is 1.21 bits per heavy atom. The maximum Gasteiger partial charge on any atom is 0.420 e. The van der Waals surface area contributed by atoms with E-state index in [9.17, 15) is 17.6 Å². The predicted molar refractivity (Wildman–Crippen MR) is 63.4 cm³/mol. The van der Waals surface area contributed by atoms with Crippen molar-refractivity contribution in [3.63, 3.8) is 0 Å². The Balaban J connectivity index is 2.00. The lowest BCUT2D eigenvalue weighted by atomic mass is 9.74. The molecule has 0 saturated heterocycles. The van der Waals surface area contributed by atoms with Gasteiger partial charge in [0.25, 0.3) is 0 Å². The molecule has 5 heteroatoms. The summed E-state index contributed by atoms with van der Waals surface area (Å²) >= 11 is 0. The molecular formula is C14H16F4O. The second kappa shape index (κ2) is 5.39. The van der Waals surface area contributed by atoms with Gasteiger partial charge in [-0.25, -0.2) is 4.39 Å². The number of rotatable bonds is 4. The molecular weight excluding hydrogens is 260 g/mol. The lowest BCUT2D eigenvalue weighted by Gasteiger charge is -2.34. The monoisotopic (exact) mass is 276 g/mol. The molecule has 0 unspecified atom stereocenters. The minimum absolute atomic E-state index is 0.269. The highest BCUT2D eigenvalue weighted by atomic mass is 19.4. The van der Waals surface area contributed by atoms with E-state index in [-0.39, 0.29) is 12.4 Å². The Labute approximate surface area is 109 Å². The van der Waals surface area contributed by atoms with Gasteiger partial charge in [-0.05, 0) is 42.9 Å². The second-order valence-electron chi connectivity index (χ2n) is 5.06. The van der Waals surface area contributed by atoms with Gasteiger partial charge in [-0.15, -0.1) is 0 Å². The van der Waals surface area contributed by atoms with Crippen molar-refractivity contribution in [2.45, 2.75) is 32.4 Å². The summed E-state index contributed by atoms with van der Waals surface area (Å²) in [6.07, 6.45) is -1.50. The predicted octanol–water partition coefficient (Wildman–Crippen LogP) is 4.66. The molecule has 1 aromatic carbocycles. The van der Waals surface area contributed by atoms with Crippen LogP contribution in [0.25, 0.3) is 0 Å². The number of alkyl halides is 3. The number of halogens is 4. The summed E-state index contributed by atoms with van der Waals surface area (Å²) in [6.45, 7) is 2.37. The Hall–Kier alpha value is -1.26. The van der Waals surface area contributed by atoms with Gasteiger partial charge >= 0.3 is 6.18 Å². The van der Waals surface area contributed by atoms with Crippen LogP contribution in [-0.2, 0) is 6.18 Å². The fraction of sp³-hybridized carbons (Fsp3) is 0.571. The summed E-state index contributed by atoms with van der Waals surface area (Å²) in [5.41, 5.74) is -1.04. The fourth-order valence-electron chi connectivity index (χ4n) is 2.40. The van der Waals surface area contributed by atoms with E-state index >= 15 is 0 Å². The first kappa shape index (κ1) is 14.2. The van der Waals surface area contributed by atoms with Gasteiger partial charge in [-0.1, -0.05) is 13.3 Å². The lowest BCUT2D eigenvalue weighted by molar-refractivity contribution is -0.139. The third-order valence-corrected chi connectivity index (χ3v) is 3.63. The van der Waals surface area contributed by atoms with Crippen LogP contribution < -0.4 is 4.74 Å². The van der Waals surface area contributed by atoms with Gasteiger partial charge in [0.05, 0.1) is 6.61 Å². The first-order valence-electron chi connectivity index (χ1n) is 6.39. The van der Waals surface area contributed by atoms with Crippen molar-refractivity contribution in [3.05, 3.63) is 29.6 Å². The minimum atomic E-state index is -4.59. The molecule has 2 rings (SSSR count). The molecule has 19 heavy (non-hydrogen) atoms. The third-order valence-electron chi connectivity index (χ3n) is 3.63. The van der Waals surface area contributed by atoms with Gasteiger partial charge in [-0.2, -0.15) is 13.2 Å². The number of hydrogen-bond acceptors (Lipinski definition) is 1. The fourth-order valence-corrected chi connectivity index (χ4v) is 2.40. The minimum Gasteiger partial charge on any atom is -0.493 e. The van der Waals surface area contributed by atoms with E-state index < -0.39 is 17.6 Å². The molecule has 0 aromatic heterocycles. The van der Waals surface area contributed by atoms with Crippen LogP contribution in [0, 0.1) is 17.7 Å². The van der Waals surface area contributed by atoms with Crippen LogP contribution in [0.1, 0.15) is 31.7 Å². The molecule has 1 aliphatic carbocycles. The summed E-state index contributed by atoms with van der Waals surface area (Å²) in [5, 5.41) is 0. The van der Waals surface area contributed by atoms with Gasteiger partial charge in [0.2, 0.25) is 0 Å². The Morgan fingerprint density at radius 3 is 2.47 bits per heavy atom. The SMILES string of the molecule is CCC1CC(COc2ccc(F)cc2C(F)(F)F)C1. The van der Waals surface area contributed by atoms with Gasteiger partial charge in [-0.3, -0.25) is 0 Å². The molecule has 1 saturated carbocycles. The van der Waals surface area contributed by atoms with Crippen molar-refractivity contribution in [1.29, 1.82) is 0 Å². The van der Waals surface area contributed by atoms with E-state index in [2.05, 4.69) is 6.92 Å². The summed E-state index contributed by atoms with van der Waals surface area (Å²) in [4.78, 5) is 0. The van der Waals surface area contributed by atoms with E-state index in [1.54, 1.807) is 0 Å². The average molecular weight is 276 g/mol. The number of hydrogen-bond donors (Lipinski definition) is 0. The van der Waals surface area contributed by atoms with Crippen LogP contribution in [0.2, 0.25) is 0 Å².